The Morgan fingerprint density at radius 1 is 1.29 bits per heavy atom. The molecular formula is C12H20N2O2S. The van der Waals surface area contributed by atoms with Gasteiger partial charge in [0.05, 0.1) is 5.25 Å². The summed E-state index contributed by atoms with van der Waals surface area (Å²) in [5.41, 5.74) is 13.1. The van der Waals surface area contributed by atoms with Crippen LogP contribution in [-0.2, 0) is 9.84 Å². The average Bonchev–Trinajstić information content (AvgIpc) is 2.29. The van der Waals surface area contributed by atoms with Crippen molar-refractivity contribution in [3.8, 4) is 0 Å². The minimum Gasteiger partial charge on any atom is -0.399 e. The molecule has 1 aromatic rings. The van der Waals surface area contributed by atoms with E-state index in [9.17, 15) is 8.42 Å². The van der Waals surface area contributed by atoms with Gasteiger partial charge in [-0.1, -0.05) is 26.0 Å². The van der Waals surface area contributed by atoms with Crippen LogP contribution in [0.1, 0.15) is 31.9 Å². The molecular weight excluding hydrogens is 236 g/mol. The van der Waals surface area contributed by atoms with Crippen molar-refractivity contribution >= 4 is 15.5 Å². The van der Waals surface area contributed by atoms with Gasteiger partial charge in [-0.25, -0.2) is 8.42 Å². The minimum atomic E-state index is -3.14. The Hall–Kier alpha value is -1.07. The quantitative estimate of drug-likeness (QED) is 0.781. The van der Waals surface area contributed by atoms with Crippen LogP contribution in [0, 0.1) is 0 Å². The van der Waals surface area contributed by atoms with Gasteiger partial charge in [-0.05, 0) is 24.1 Å². The zero-order valence-corrected chi connectivity index (χ0v) is 11.1. The minimum absolute atomic E-state index is 0.113. The molecule has 0 heterocycles. The lowest BCUT2D eigenvalue weighted by atomic mass is 10.0. The second-order valence-corrected chi connectivity index (χ2v) is 6.60. The van der Waals surface area contributed by atoms with E-state index in [4.69, 9.17) is 11.5 Å². The third-order valence-corrected chi connectivity index (χ3v) is 5.32. The summed E-state index contributed by atoms with van der Waals surface area (Å²) in [7, 11) is -3.14. The first-order valence-corrected chi connectivity index (χ1v) is 7.46. The molecule has 17 heavy (non-hydrogen) atoms. The van der Waals surface area contributed by atoms with Gasteiger partial charge < -0.3 is 11.5 Å². The molecule has 0 spiro atoms. The third kappa shape index (κ3) is 3.20. The molecule has 0 unspecified atom stereocenters. The van der Waals surface area contributed by atoms with Gasteiger partial charge in [0.2, 0.25) is 0 Å². The van der Waals surface area contributed by atoms with Crippen molar-refractivity contribution in [2.75, 3.05) is 11.5 Å². The molecule has 1 rings (SSSR count). The van der Waals surface area contributed by atoms with Gasteiger partial charge in [-0.15, -0.1) is 0 Å². The Morgan fingerprint density at radius 3 is 2.41 bits per heavy atom. The molecule has 0 saturated carbocycles. The predicted molar refractivity (Wildman–Crippen MR) is 71.3 cm³/mol. The van der Waals surface area contributed by atoms with Crippen LogP contribution in [-0.4, -0.2) is 19.4 Å². The van der Waals surface area contributed by atoms with E-state index in [2.05, 4.69) is 0 Å². The van der Waals surface area contributed by atoms with E-state index in [0.29, 0.717) is 12.1 Å². The van der Waals surface area contributed by atoms with Crippen LogP contribution >= 0.6 is 0 Å². The molecule has 1 aromatic carbocycles. The van der Waals surface area contributed by atoms with Gasteiger partial charge in [-0.2, -0.15) is 0 Å². The number of nitrogens with two attached hydrogens (primary N) is 2. The Morgan fingerprint density at radius 2 is 1.94 bits per heavy atom. The van der Waals surface area contributed by atoms with Crippen molar-refractivity contribution in [2.24, 2.45) is 5.73 Å². The van der Waals surface area contributed by atoms with Crippen molar-refractivity contribution in [3.63, 3.8) is 0 Å². The molecule has 0 aromatic heterocycles. The number of sulfone groups is 1. The second kappa shape index (κ2) is 5.51. The van der Waals surface area contributed by atoms with E-state index < -0.39 is 21.1 Å². The fourth-order valence-corrected chi connectivity index (χ4v) is 3.47. The highest BCUT2D eigenvalue weighted by atomic mass is 32.2. The number of nitrogen functional groups attached to an aromatic ring is 1. The molecule has 0 amide bonds. The molecule has 5 heteroatoms. The first-order chi connectivity index (χ1) is 7.92. The predicted octanol–water partition coefficient (Wildman–Crippen LogP) is 1.48. The van der Waals surface area contributed by atoms with Crippen molar-refractivity contribution < 1.29 is 8.42 Å². The zero-order valence-electron chi connectivity index (χ0n) is 10.3. The van der Waals surface area contributed by atoms with E-state index in [1.165, 1.54) is 0 Å². The summed E-state index contributed by atoms with van der Waals surface area (Å²) < 4.78 is 23.8. The summed E-state index contributed by atoms with van der Waals surface area (Å²) in [6.45, 7) is 3.48. The summed E-state index contributed by atoms with van der Waals surface area (Å²) in [5.74, 6) is 0.113. The molecule has 0 radical (unpaired) electrons. The normalized spacial score (nSPS) is 15.5. The van der Waals surface area contributed by atoms with Crippen LogP contribution in [0.2, 0.25) is 0 Å². The highest BCUT2D eigenvalue weighted by molar-refractivity contribution is 7.92. The molecule has 0 aliphatic carbocycles. The molecule has 0 bridgehead atoms. The zero-order chi connectivity index (χ0) is 13.1. The van der Waals surface area contributed by atoms with Crippen LogP contribution in [0.15, 0.2) is 24.3 Å². The second-order valence-electron chi connectivity index (χ2n) is 4.09. The van der Waals surface area contributed by atoms with Crippen LogP contribution in [0.5, 0.6) is 0 Å². The first kappa shape index (κ1) is 14.0. The Kier molecular flexibility index (Phi) is 4.54. The average molecular weight is 256 g/mol. The van der Waals surface area contributed by atoms with Crippen molar-refractivity contribution in [1.29, 1.82) is 0 Å². The van der Waals surface area contributed by atoms with E-state index in [1.54, 1.807) is 25.1 Å². The Labute approximate surface area is 103 Å². The van der Waals surface area contributed by atoms with E-state index in [1.807, 2.05) is 13.0 Å². The van der Waals surface area contributed by atoms with Crippen LogP contribution in [0.25, 0.3) is 0 Å². The van der Waals surface area contributed by atoms with E-state index >= 15 is 0 Å². The van der Waals surface area contributed by atoms with Crippen molar-refractivity contribution in [3.05, 3.63) is 29.8 Å². The standard InChI is InChI=1S/C12H20N2O2S/c1-3-11(17(15,16)4-2)12(14)9-6-5-7-10(13)8-9/h5-8,11-12H,3-4,13-14H2,1-2H3/t11-,12+/m1/s1. The number of anilines is 1. The van der Waals surface area contributed by atoms with E-state index in [-0.39, 0.29) is 5.75 Å². The van der Waals surface area contributed by atoms with E-state index in [0.717, 1.165) is 5.56 Å². The Bertz CT molecular complexity index is 471. The Balaban J connectivity index is 3.06. The maximum Gasteiger partial charge on any atom is 0.154 e. The molecule has 4 nitrogen and oxygen atoms in total. The van der Waals surface area contributed by atoms with Crippen molar-refractivity contribution in [2.45, 2.75) is 31.6 Å². The molecule has 0 aliphatic heterocycles. The lowest BCUT2D eigenvalue weighted by Crippen LogP contribution is -2.34. The third-order valence-electron chi connectivity index (χ3n) is 2.96. The molecule has 96 valence electrons. The molecule has 0 aliphatic rings. The van der Waals surface area contributed by atoms with Crippen LogP contribution < -0.4 is 11.5 Å². The first-order valence-electron chi connectivity index (χ1n) is 5.75. The van der Waals surface area contributed by atoms with Crippen molar-refractivity contribution in [1.82, 2.24) is 0 Å². The van der Waals surface area contributed by atoms with Gasteiger partial charge in [-0.3, -0.25) is 0 Å². The number of hydrogen-bond acceptors (Lipinski definition) is 4. The van der Waals surface area contributed by atoms with Gasteiger partial charge in [0, 0.05) is 17.5 Å². The van der Waals surface area contributed by atoms with Gasteiger partial charge in [0.15, 0.2) is 9.84 Å². The number of benzene rings is 1. The number of rotatable bonds is 5. The lowest BCUT2D eigenvalue weighted by Gasteiger charge is -2.22. The summed E-state index contributed by atoms with van der Waals surface area (Å²) in [5, 5.41) is -0.547. The molecule has 4 N–H and O–H groups in total. The van der Waals surface area contributed by atoms with Gasteiger partial charge >= 0.3 is 0 Å². The highest BCUT2D eigenvalue weighted by Crippen LogP contribution is 2.24. The van der Waals surface area contributed by atoms with Crippen LogP contribution in [0.4, 0.5) is 5.69 Å². The SMILES string of the molecule is CC[C@H]([C@@H](N)c1cccc(N)c1)S(=O)(=O)CC. The summed E-state index contributed by atoms with van der Waals surface area (Å²) >= 11 is 0. The number of hydrogen-bond donors (Lipinski definition) is 2. The highest BCUT2D eigenvalue weighted by Gasteiger charge is 2.29. The summed E-state index contributed by atoms with van der Waals surface area (Å²) in [6, 6.07) is 6.57. The fourth-order valence-electron chi connectivity index (χ4n) is 1.93. The smallest absolute Gasteiger partial charge is 0.154 e. The largest absolute Gasteiger partial charge is 0.399 e. The topological polar surface area (TPSA) is 86.2 Å². The monoisotopic (exact) mass is 256 g/mol. The summed E-state index contributed by atoms with van der Waals surface area (Å²) in [6.07, 6.45) is 0.506. The van der Waals surface area contributed by atoms with Gasteiger partial charge in [0.25, 0.3) is 0 Å². The fraction of sp³-hybridized carbons (Fsp3) is 0.500. The molecule has 0 saturated heterocycles. The van der Waals surface area contributed by atoms with Crippen LogP contribution in [0.3, 0.4) is 0 Å². The summed E-state index contributed by atoms with van der Waals surface area (Å²) in [4.78, 5) is 0. The lowest BCUT2D eigenvalue weighted by molar-refractivity contribution is 0.549. The maximum absolute atomic E-state index is 11.9. The molecule has 2 atom stereocenters. The molecule has 0 fully saturated rings. The van der Waals surface area contributed by atoms with Gasteiger partial charge in [0.1, 0.15) is 0 Å². The maximum atomic E-state index is 11.9.